The Morgan fingerprint density at radius 3 is 2.86 bits per heavy atom. The zero-order valence-electron chi connectivity index (χ0n) is 6.93. The van der Waals surface area contributed by atoms with Gasteiger partial charge in [-0.15, -0.1) is 0 Å². The first-order chi connectivity index (χ1) is 6.63. The first-order valence-corrected chi connectivity index (χ1v) is 3.56. The molecule has 0 radical (unpaired) electrons. The molecular weight excluding hydrogens is 192 g/mol. The van der Waals surface area contributed by atoms with Crippen molar-refractivity contribution in [3.8, 4) is 0 Å². The summed E-state index contributed by atoms with van der Waals surface area (Å²) in [6, 6.07) is 1.08. The highest BCUT2D eigenvalue weighted by Gasteiger charge is 2.04. The Morgan fingerprint density at radius 2 is 2.29 bits per heavy atom. The molecule has 1 N–H and O–H groups in total. The molecule has 1 heterocycles. The molecule has 0 aliphatic carbocycles. The number of nitrogens with one attached hydrogen (secondary N) is 1. The van der Waals surface area contributed by atoms with E-state index >= 15 is 0 Å². The fourth-order valence-electron chi connectivity index (χ4n) is 0.799. The highest BCUT2D eigenvalue weighted by Crippen LogP contribution is 1.80. The second kappa shape index (κ2) is 4.17. The molecule has 14 heavy (non-hydrogen) atoms. The van der Waals surface area contributed by atoms with Crippen LogP contribution in [0.25, 0.3) is 0 Å². The van der Waals surface area contributed by atoms with Crippen molar-refractivity contribution in [1.29, 1.82) is 0 Å². The Balaban J connectivity index is 2.87. The van der Waals surface area contributed by atoms with Crippen LogP contribution in [-0.2, 0) is 20.9 Å². The van der Waals surface area contributed by atoms with E-state index in [1.54, 1.807) is 0 Å². The molecular formula is C7H6N2O5. The lowest BCUT2D eigenvalue weighted by molar-refractivity contribution is -0.151. The topological polar surface area (TPSA) is 98.2 Å². The van der Waals surface area contributed by atoms with E-state index in [0.29, 0.717) is 0 Å². The molecule has 0 aromatic carbocycles. The van der Waals surface area contributed by atoms with Crippen molar-refractivity contribution >= 4 is 12.4 Å². The van der Waals surface area contributed by atoms with Gasteiger partial charge in [0.15, 0.2) is 0 Å². The number of aromatic amines is 1. The molecule has 1 aromatic heterocycles. The third-order valence-corrected chi connectivity index (χ3v) is 1.38. The summed E-state index contributed by atoms with van der Waals surface area (Å²) >= 11 is 0. The summed E-state index contributed by atoms with van der Waals surface area (Å²) in [6.07, 6.45) is 1.13. The maximum absolute atomic E-state index is 11.0. The normalized spacial score (nSPS) is 9.43. The van der Waals surface area contributed by atoms with Crippen LogP contribution in [0.2, 0.25) is 0 Å². The SMILES string of the molecule is O=COC(=O)Cn1ccc(=O)[nH]c1=O. The summed E-state index contributed by atoms with van der Waals surface area (Å²) < 4.78 is 4.87. The third-order valence-electron chi connectivity index (χ3n) is 1.38. The zero-order valence-corrected chi connectivity index (χ0v) is 6.93. The predicted molar refractivity (Wildman–Crippen MR) is 43.5 cm³/mol. The largest absolute Gasteiger partial charge is 0.394 e. The molecule has 7 nitrogen and oxygen atoms in total. The number of esters is 1. The summed E-state index contributed by atoms with van der Waals surface area (Å²) in [6.45, 7) is -0.451. The van der Waals surface area contributed by atoms with E-state index < -0.39 is 23.8 Å². The Morgan fingerprint density at radius 1 is 1.57 bits per heavy atom. The lowest BCUT2D eigenvalue weighted by Gasteiger charge is -2.00. The van der Waals surface area contributed by atoms with Crippen LogP contribution < -0.4 is 11.2 Å². The van der Waals surface area contributed by atoms with E-state index in [-0.39, 0.29) is 6.47 Å². The standard InChI is InChI=1S/C7H6N2O5/c10-4-14-6(12)3-9-2-1-5(11)8-7(9)13/h1-2,4H,3H2,(H,8,11,13). The molecule has 0 unspecified atom stereocenters. The van der Waals surface area contributed by atoms with Gasteiger partial charge in [0.1, 0.15) is 6.54 Å². The number of carbonyl (C=O) groups is 2. The van der Waals surface area contributed by atoms with Gasteiger partial charge < -0.3 is 4.74 Å². The predicted octanol–water partition coefficient (Wildman–Crippen LogP) is -1.76. The van der Waals surface area contributed by atoms with Crippen LogP contribution in [0.1, 0.15) is 0 Å². The van der Waals surface area contributed by atoms with Gasteiger partial charge in [0.05, 0.1) is 0 Å². The smallest absolute Gasteiger partial charge is 0.333 e. The van der Waals surface area contributed by atoms with E-state index in [0.717, 1.165) is 16.8 Å². The quantitative estimate of drug-likeness (QED) is 0.352. The summed E-state index contributed by atoms with van der Waals surface area (Å²) in [7, 11) is 0. The van der Waals surface area contributed by atoms with Crippen LogP contribution in [0, 0.1) is 0 Å². The third kappa shape index (κ3) is 2.41. The van der Waals surface area contributed by atoms with Crippen molar-refractivity contribution in [2.45, 2.75) is 6.54 Å². The summed E-state index contributed by atoms with van der Waals surface area (Å²) in [5, 5.41) is 0. The summed E-state index contributed by atoms with van der Waals surface area (Å²) in [5.74, 6) is -0.880. The fourth-order valence-corrected chi connectivity index (χ4v) is 0.799. The minimum atomic E-state index is -0.880. The molecule has 0 amide bonds. The van der Waals surface area contributed by atoms with Crippen molar-refractivity contribution in [2.24, 2.45) is 0 Å². The van der Waals surface area contributed by atoms with Crippen molar-refractivity contribution in [1.82, 2.24) is 9.55 Å². The zero-order chi connectivity index (χ0) is 10.6. The minimum absolute atomic E-state index is 0.0287. The van der Waals surface area contributed by atoms with Gasteiger partial charge >= 0.3 is 18.1 Å². The van der Waals surface area contributed by atoms with E-state index in [1.807, 2.05) is 4.98 Å². The van der Waals surface area contributed by atoms with Gasteiger partial charge in [-0.25, -0.2) is 9.59 Å². The molecule has 0 aliphatic heterocycles. The molecule has 0 saturated heterocycles. The molecule has 0 atom stereocenters. The average Bonchev–Trinajstić information content (AvgIpc) is 2.10. The molecule has 0 aliphatic rings. The van der Waals surface area contributed by atoms with Crippen LogP contribution in [0.3, 0.4) is 0 Å². The van der Waals surface area contributed by atoms with E-state index in [4.69, 9.17) is 0 Å². The van der Waals surface area contributed by atoms with Crippen LogP contribution in [0.4, 0.5) is 0 Å². The minimum Gasteiger partial charge on any atom is -0.394 e. The second-order valence-corrected chi connectivity index (χ2v) is 2.32. The number of ether oxygens (including phenoxy) is 1. The van der Waals surface area contributed by atoms with Crippen LogP contribution in [0.15, 0.2) is 21.9 Å². The van der Waals surface area contributed by atoms with Gasteiger partial charge in [0.2, 0.25) is 0 Å². The molecule has 1 aromatic rings. The number of rotatable bonds is 3. The fraction of sp³-hybridized carbons (Fsp3) is 0.143. The van der Waals surface area contributed by atoms with Crippen molar-refractivity contribution < 1.29 is 14.3 Å². The number of H-pyrrole nitrogens is 1. The second-order valence-electron chi connectivity index (χ2n) is 2.32. The number of hydrogen-bond acceptors (Lipinski definition) is 5. The number of hydrogen-bond donors (Lipinski definition) is 1. The first-order valence-electron chi connectivity index (χ1n) is 3.56. The van der Waals surface area contributed by atoms with Crippen molar-refractivity contribution in [3.05, 3.63) is 33.1 Å². The monoisotopic (exact) mass is 198 g/mol. The highest BCUT2D eigenvalue weighted by atomic mass is 16.6. The van der Waals surface area contributed by atoms with Crippen LogP contribution >= 0.6 is 0 Å². The summed E-state index contributed by atoms with van der Waals surface area (Å²) in [5.41, 5.74) is -1.30. The van der Waals surface area contributed by atoms with Crippen LogP contribution in [-0.4, -0.2) is 22.0 Å². The lowest BCUT2D eigenvalue weighted by Crippen LogP contribution is -2.31. The van der Waals surface area contributed by atoms with Gasteiger partial charge in [-0.2, -0.15) is 0 Å². The van der Waals surface area contributed by atoms with E-state index in [2.05, 4.69) is 4.74 Å². The van der Waals surface area contributed by atoms with Gasteiger partial charge in [-0.05, 0) is 0 Å². The Labute approximate surface area is 76.9 Å². The molecule has 0 saturated carbocycles. The molecule has 0 fully saturated rings. The maximum atomic E-state index is 11.0. The molecule has 74 valence electrons. The maximum Gasteiger partial charge on any atom is 0.333 e. The average molecular weight is 198 g/mol. The molecule has 0 bridgehead atoms. The van der Waals surface area contributed by atoms with Gasteiger partial charge in [0, 0.05) is 12.3 Å². The van der Waals surface area contributed by atoms with Gasteiger partial charge in [-0.1, -0.05) is 0 Å². The Kier molecular flexibility index (Phi) is 2.95. The molecule has 0 spiro atoms. The van der Waals surface area contributed by atoms with Crippen molar-refractivity contribution in [2.75, 3.05) is 0 Å². The molecule has 7 heteroatoms. The number of nitrogens with zero attached hydrogens (tertiary/aromatic N) is 1. The lowest BCUT2D eigenvalue weighted by atomic mass is 10.6. The Bertz CT molecular complexity index is 458. The van der Waals surface area contributed by atoms with E-state index in [1.165, 1.54) is 0 Å². The Hall–Kier alpha value is -2.18. The van der Waals surface area contributed by atoms with E-state index in [9.17, 15) is 19.2 Å². The van der Waals surface area contributed by atoms with Crippen LogP contribution in [0.5, 0.6) is 0 Å². The van der Waals surface area contributed by atoms with Gasteiger partial charge in [-0.3, -0.25) is 19.1 Å². The van der Waals surface area contributed by atoms with Crippen molar-refractivity contribution in [3.63, 3.8) is 0 Å². The number of aromatic nitrogens is 2. The molecule has 1 rings (SSSR count). The first kappa shape index (κ1) is 9.90. The van der Waals surface area contributed by atoms with Gasteiger partial charge in [0.25, 0.3) is 5.56 Å². The number of carbonyl (C=O) groups excluding carboxylic acids is 2. The summed E-state index contributed by atoms with van der Waals surface area (Å²) in [4.78, 5) is 44.0. The highest BCUT2D eigenvalue weighted by molar-refractivity contribution is 5.76.